The van der Waals surface area contributed by atoms with Gasteiger partial charge in [-0.25, -0.2) is 19.9 Å². The van der Waals surface area contributed by atoms with Crippen LogP contribution in [0, 0.1) is 5.92 Å². The predicted molar refractivity (Wildman–Crippen MR) is 549 cm³/mol. The third-order valence-electron chi connectivity index (χ3n) is 22.9. The van der Waals surface area contributed by atoms with Crippen LogP contribution in [0.25, 0.3) is 88.1 Å². The molecule has 3 aliphatic rings. The summed E-state index contributed by atoms with van der Waals surface area (Å²) in [4.78, 5) is 111. The van der Waals surface area contributed by atoms with E-state index in [2.05, 4.69) is 129 Å². The number of pyridine rings is 8. The zero-order chi connectivity index (χ0) is 92.9. The fourth-order valence-corrected chi connectivity index (χ4v) is 15.2. The number of nitrogens with zero attached hydrogens (tertiary/aromatic N) is 18. The molecule has 0 unspecified atom stereocenters. The van der Waals surface area contributed by atoms with E-state index < -0.39 is 0 Å². The lowest BCUT2D eigenvalue weighted by molar-refractivity contribution is -0.117. The first-order chi connectivity index (χ1) is 65.1. The van der Waals surface area contributed by atoms with Crippen molar-refractivity contribution in [1.29, 1.82) is 0 Å². The first-order valence-electron chi connectivity index (χ1n) is 43.7. The number of hydrogen-bond acceptors (Lipinski definition) is 25. The summed E-state index contributed by atoms with van der Waals surface area (Å²) >= 11 is 0. The van der Waals surface area contributed by atoms with Crippen molar-refractivity contribution in [3.63, 3.8) is 0 Å². The Kier molecular flexibility index (Phi) is 32.2. The molecule has 34 heteroatoms. The second-order valence-electron chi connectivity index (χ2n) is 33.7. The number of nitrogens with one attached hydrogen (secondary N) is 9. The molecule has 5 amide bonds. The number of benzene rings is 5. The van der Waals surface area contributed by atoms with E-state index in [0.29, 0.717) is 62.0 Å². The molecule has 708 valence electrons. The minimum absolute atomic E-state index is 0. The van der Waals surface area contributed by atoms with E-state index in [9.17, 15) is 29.1 Å². The van der Waals surface area contributed by atoms with Crippen LogP contribution in [0.15, 0.2) is 250 Å². The number of ether oxygens (including phenoxy) is 1. The molecule has 2 aliphatic heterocycles. The summed E-state index contributed by atoms with van der Waals surface area (Å²) in [6, 6.07) is 55.6. The van der Waals surface area contributed by atoms with Crippen molar-refractivity contribution >= 4 is 125 Å². The predicted octanol–water partition coefficient (Wildman–Crippen LogP) is 18.2. The van der Waals surface area contributed by atoms with Gasteiger partial charge >= 0.3 is 0 Å². The number of aromatic nitrogens is 16. The first-order valence-corrected chi connectivity index (χ1v) is 43.7. The summed E-state index contributed by atoms with van der Waals surface area (Å²) in [5.41, 5.74) is 17.2. The van der Waals surface area contributed by atoms with E-state index >= 15 is 0 Å². The van der Waals surface area contributed by atoms with E-state index in [-0.39, 0.29) is 77.0 Å². The van der Waals surface area contributed by atoms with Gasteiger partial charge in [-0.3, -0.25) is 74.1 Å². The number of piperidine rings is 1. The van der Waals surface area contributed by atoms with Crippen LogP contribution >= 0.6 is 0 Å². The van der Waals surface area contributed by atoms with Crippen LogP contribution in [0.2, 0.25) is 0 Å². The number of likely N-dealkylation sites (tertiary alicyclic amines) is 2. The van der Waals surface area contributed by atoms with Crippen molar-refractivity contribution in [1.82, 2.24) is 90.5 Å². The smallest absolute Gasteiger partial charge is 0.276 e. The van der Waals surface area contributed by atoms with Crippen LogP contribution in [0.4, 0.5) is 51.7 Å². The summed E-state index contributed by atoms with van der Waals surface area (Å²) in [7, 11) is 15.3. The monoisotopic (exact) mass is 1850 g/mol. The number of fused-ring (bicyclic) bond motifs is 4. The molecule has 2 saturated heterocycles. The number of aliphatic hydroxyl groups excluding tert-OH is 1. The summed E-state index contributed by atoms with van der Waals surface area (Å²) < 4.78 is 5.91. The highest BCUT2D eigenvalue weighted by Gasteiger charge is 2.30. The van der Waals surface area contributed by atoms with Crippen LogP contribution in [0.1, 0.15) is 115 Å². The van der Waals surface area contributed by atoms with E-state index in [4.69, 9.17) is 4.74 Å². The van der Waals surface area contributed by atoms with Crippen LogP contribution in [0.5, 0.6) is 11.5 Å². The van der Waals surface area contributed by atoms with Crippen LogP contribution in [0.3, 0.4) is 0 Å². The molecule has 0 atom stereocenters. The largest absolute Gasteiger partial charge is 0.456 e. The second kappa shape index (κ2) is 45.0. The number of amides is 5. The molecule has 1 aliphatic carbocycles. The van der Waals surface area contributed by atoms with Crippen LogP contribution < -0.4 is 50.9 Å². The number of carbonyl (C=O) groups excluding carboxylic acids is 5. The lowest BCUT2D eigenvalue weighted by Gasteiger charge is -2.30. The van der Waals surface area contributed by atoms with Crippen molar-refractivity contribution in [2.24, 2.45) is 5.92 Å². The maximum absolute atomic E-state index is 13.0. The molecule has 3 fully saturated rings. The van der Waals surface area contributed by atoms with E-state index in [1.54, 1.807) is 55.6 Å². The van der Waals surface area contributed by atoms with Gasteiger partial charge in [-0.2, -0.15) is 20.4 Å². The third-order valence-corrected chi connectivity index (χ3v) is 22.9. The molecule has 20 rings (SSSR count). The fourth-order valence-electron chi connectivity index (χ4n) is 15.2. The SMILES string of the molecule is C.C.C.C.CN(C)c1ccc(NC(=O)c2n[nH]c3ccc(-c4cncc(CN5CCC(O)CC5)c4)cc23)cn1.CN(C)c1ccc(NC(=O)c2n[nH]c3ccc(-c4cncc(CN5CCC5)c4)cc23)cn1.CN(C)c1ccc(NC(=O)c2n[nH]c3ccc(-c4cncc(NC(=O)C5CC5)c4)cc23)cn1.CN(C)c1ccc(NC(=O)c2n[nH]c3ccc(-c4cncc(Oc5ccccc5)c4)cc23)cn1. The molecular formula is C104H115N27O7. The van der Waals surface area contributed by atoms with Gasteiger partial charge in [0, 0.05) is 169 Å². The molecule has 0 spiro atoms. The highest BCUT2D eigenvalue weighted by Crippen LogP contribution is 2.36. The van der Waals surface area contributed by atoms with Crippen molar-refractivity contribution in [3.05, 3.63) is 284 Å². The Morgan fingerprint density at radius 2 is 0.674 bits per heavy atom. The zero-order valence-corrected chi connectivity index (χ0v) is 75.1. The fraction of sp³-hybridized carbons (Fsp3) is 0.240. The Bertz CT molecular complexity index is 7050. The quantitative estimate of drug-likeness (QED) is 0.0269. The molecule has 14 heterocycles. The van der Waals surface area contributed by atoms with Gasteiger partial charge in [0.2, 0.25) is 5.91 Å². The standard InChI is InChI=1S/C26H29N7O2.C26H22N6O2.C24H23N7O2.C24H25N7O.4CH4/c1-32(2)24-6-4-20(15-28-24)29-26(35)25-22-12-18(3-5-23(22)30-31-25)19-11-17(13-27-14-19)16-33-9-7-21(34)8-10-33;1-32(2)24-11-9-19(15-28-24)29-26(33)25-22-13-17(8-10-23(22)30-31-25)18-12-21(16-27-14-18)34-20-6-4-3-5-7-20;1-31(2)21-8-6-17(13-26-21)27-24(33)22-19-10-15(5-7-20(19)29-30-22)16-9-18(12-25-11-16)28-23(32)14-3-4-14;1-30(2)22-7-5-19(14-26-22)27-24(32)23-20-11-17(4-6-21(20)28-29-23)18-10-16(12-25-13-18)15-31-8-3-9-31;;;;/h3-6,11-15,21,34H,7-10,16H2,1-2H3,(H,29,35)(H,30,31);3-16H,1-2H3,(H,29,33)(H,30,31);5-14H,3-4H2,1-2H3,(H,27,33)(H,28,32)(H,29,30);4-7,10-14H,3,8-9,15H2,1-2H3,(H,27,32)(H,28,29);4*1H4. The molecule has 0 bridgehead atoms. The molecule has 5 aromatic carbocycles. The summed E-state index contributed by atoms with van der Waals surface area (Å²) in [5.74, 6) is 3.52. The summed E-state index contributed by atoms with van der Waals surface area (Å²) in [6.07, 6.45) is 25.4. The van der Waals surface area contributed by atoms with Gasteiger partial charge in [0.25, 0.3) is 23.6 Å². The van der Waals surface area contributed by atoms with Crippen molar-refractivity contribution in [3.8, 4) is 56.0 Å². The van der Waals surface area contributed by atoms with Gasteiger partial charge in [-0.1, -0.05) is 72.2 Å². The van der Waals surface area contributed by atoms with Crippen molar-refractivity contribution < 1.29 is 33.8 Å². The lowest BCUT2D eigenvalue weighted by atomic mass is 10.0. The van der Waals surface area contributed by atoms with Gasteiger partial charge in [-0.15, -0.1) is 0 Å². The molecule has 12 aromatic heterocycles. The number of hydrogen-bond donors (Lipinski definition) is 10. The van der Waals surface area contributed by atoms with Crippen molar-refractivity contribution in [2.45, 2.75) is 81.0 Å². The van der Waals surface area contributed by atoms with E-state index in [0.717, 1.165) is 177 Å². The van der Waals surface area contributed by atoms with Gasteiger partial charge in [0.1, 0.15) is 34.8 Å². The zero-order valence-electron chi connectivity index (χ0n) is 75.1. The molecule has 1 saturated carbocycles. The molecular weight excluding hydrogens is 1740 g/mol. The average Bonchev–Trinajstić information content (AvgIpc) is 1.70. The van der Waals surface area contributed by atoms with Crippen LogP contribution in [-0.2, 0) is 17.9 Å². The average molecular weight is 1860 g/mol. The summed E-state index contributed by atoms with van der Waals surface area (Å²) in [5, 5.41) is 55.8. The van der Waals surface area contributed by atoms with E-state index in [1.807, 2.05) is 258 Å². The molecule has 17 aromatic rings. The lowest BCUT2D eigenvalue weighted by Crippen LogP contribution is -2.36. The Morgan fingerprint density at radius 1 is 0.341 bits per heavy atom. The molecule has 10 N–H and O–H groups in total. The highest BCUT2D eigenvalue weighted by molar-refractivity contribution is 6.15. The number of aliphatic hydroxyl groups is 1. The van der Waals surface area contributed by atoms with Crippen LogP contribution in [-0.4, -0.2) is 214 Å². The Labute approximate surface area is 800 Å². The summed E-state index contributed by atoms with van der Waals surface area (Å²) in [6.45, 7) is 5.80. The molecule has 0 radical (unpaired) electrons. The number of anilines is 9. The Morgan fingerprint density at radius 3 is 1.00 bits per heavy atom. The molecule has 34 nitrogen and oxygen atoms in total. The van der Waals surface area contributed by atoms with Gasteiger partial charge in [0.05, 0.1) is 93.8 Å². The maximum atomic E-state index is 13.0. The third kappa shape index (κ3) is 24.3. The number of rotatable bonds is 24. The number of H-pyrrole nitrogens is 4. The number of para-hydroxylation sites is 1. The van der Waals surface area contributed by atoms with Gasteiger partial charge < -0.3 is 56.0 Å². The van der Waals surface area contributed by atoms with Crippen molar-refractivity contribution in [2.75, 3.05) is 129 Å². The minimum atomic E-state index is -0.332. The highest BCUT2D eigenvalue weighted by atomic mass is 16.5. The number of carbonyl (C=O) groups is 5. The second-order valence-corrected chi connectivity index (χ2v) is 33.7. The first kappa shape index (κ1) is 98.9. The molecule has 138 heavy (non-hydrogen) atoms. The number of aromatic amines is 4. The Hall–Kier alpha value is -16.6. The topological polar surface area (TPSA) is 412 Å². The van der Waals surface area contributed by atoms with Gasteiger partial charge in [0.15, 0.2) is 22.8 Å². The van der Waals surface area contributed by atoms with E-state index in [1.165, 1.54) is 12.0 Å². The maximum Gasteiger partial charge on any atom is 0.276 e. The van der Waals surface area contributed by atoms with Gasteiger partial charge in [-0.05, 0) is 212 Å². The minimum Gasteiger partial charge on any atom is -0.456 e. The Balaban J connectivity index is 0.000000154. The normalized spacial score (nSPS) is 12.7.